The van der Waals surface area contributed by atoms with Gasteiger partial charge in [0.2, 0.25) is 0 Å². The maximum atomic E-state index is 11.5. The molecular weight excluding hydrogens is 200 g/mol. The summed E-state index contributed by atoms with van der Waals surface area (Å²) in [7, 11) is 1.46. The molecule has 2 heteroatoms. The van der Waals surface area contributed by atoms with E-state index in [1.165, 1.54) is 39.2 Å². The normalized spacial score (nSPS) is 11.6. The maximum Gasteiger partial charge on any atom is 0.333 e. The zero-order chi connectivity index (χ0) is 12.2. The summed E-state index contributed by atoms with van der Waals surface area (Å²) < 4.78 is 4.79. The molecule has 0 radical (unpaired) electrons. The Hall–Kier alpha value is -0.790. The van der Waals surface area contributed by atoms with Crippen LogP contribution >= 0.6 is 0 Å². The maximum absolute atomic E-state index is 11.5. The topological polar surface area (TPSA) is 26.3 Å². The Morgan fingerprint density at radius 3 is 2.25 bits per heavy atom. The van der Waals surface area contributed by atoms with Crippen LogP contribution in [0.4, 0.5) is 0 Å². The Morgan fingerprint density at radius 2 is 1.69 bits per heavy atom. The molecule has 0 aliphatic carbocycles. The average Bonchev–Trinajstić information content (AvgIpc) is 2.31. The Labute approximate surface area is 100 Å². The van der Waals surface area contributed by atoms with Crippen LogP contribution in [0.2, 0.25) is 0 Å². The molecule has 0 aromatic heterocycles. The first kappa shape index (κ1) is 15.2. The van der Waals surface area contributed by atoms with Gasteiger partial charge in [0.15, 0.2) is 0 Å². The van der Waals surface area contributed by atoms with E-state index in [1.807, 2.05) is 0 Å². The quantitative estimate of drug-likeness (QED) is 0.334. The van der Waals surface area contributed by atoms with Gasteiger partial charge in [0.25, 0.3) is 0 Å². The number of carbonyl (C=O) groups is 1. The monoisotopic (exact) mass is 226 g/mol. The van der Waals surface area contributed by atoms with Crippen molar-refractivity contribution in [3.8, 4) is 0 Å². The first-order valence-corrected chi connectivity index (χ1v) is 6.53. The van der Waals surface area contributed by atoms with Crippen molar-refractivity contribution >= 4 is 5.97 Å². The summed E-state index contributed by atoms with van der Waals surface area (Å²) in [5, 5.41) is 0. The lowest BCUT2D eigenvalue weighted by atomic mass is 10.1. The molecule has 94 valence electrons. The molecule has 0 spiro atoms. The SMILES string of the molecule is CCCCC/C=C(/CCCCC)C(=O)OC. The van der Waals surface area contributed by atoms with Crippen LogP contribution in [0.15, 0.2) is 11.6 Å². The molecule has 0 saturated carbocycles. The van der Waals surface area contributed by atoms with Crippen molar-refractivity contribution in [2.45, 2.75) is 65.2 Å². The van der Waals surface area contributed by atoms with Gasteiger partial charge >= 0.3 is 5.97 Å². The van der Waals surface area contributed by atoms with E-state index in [1.54, 1.807) is 0 Å². The molecule has 0 aliphatic heterocycles. The minimum Gasteiger partial charge on any atom is -0.466 e. The fourth-order valence-corrected chi connectivity index (χ4v) is 1.65. The molecule has 16 heavy (non-hydrogen) atoms. The molecule has 0 heterocycles. The van der Waals surface area contributed by atoms with Gasteiger partial charge < -0.3 is 4.74 Å². The predicted octanol–water partition coefficient (Wildman–Crippen LogP) is 4.25. The van der Waals surface area contributed by atoms with Crippen LogP contribution in [-0.2, 0) is 9.53 Å². The number of rotatable bonds is 9. The van der Waals surface area contributed by atoms with Crippen molar-refractivity contribution in [3.63, 3.8) is 0 Å². The van der Waals surface area contributed by atoms with Gasteiger partial charge in [-0.25, -0.2) is 4.79 Å². The van der Waals surface area contributed by atoms with E-state index in [0.717, 1.165) is 24.8 Å². The first-order chi connectivity index (χ1) is 7.76. The smallest absolute Gasteiger partial charge is 0.333 e. The van der Waals surface area contributed by atoms with Crippen molar-refractivity contribution in [2.75, 3.05) is 7.11 Å². The summed E-state index contributed by atoms with van der Waals surface area (Å²) >= 11 is 0. The zero-order valence-corrected chi connectivity index (χ0v) is 11.1. The lowest BCUT2D eigenvalue weighted by Gasteiger charge is -2.05. The fraction of sp³-hybridized carbons (Fsp3) is 0.786. The second kappa shape index (κ2) is 10.7. The van der Waals surface area contributed by atoms with E-state index in [9.17, 15) is 4.79 Å². The number of allylic oxidation sites excluding steroid dienone is 1. The molecular formula is C14H26O2. The highest BCUT2D eigenvalue weighted by Gasteiger charge is 2.08. The first-order valence-electron chi connectivity index (χ1n) is 6.53. The fourth-order valence-electron chi connectivity index (χ4n) is 1.65. The molecule has 0 saturated heterocycles. The Morgan fingerprint density at radius 1 is 1.06 bits per heavy atom. The summed E-state index contributed by atoms with van der Waals surface area (Å²) in [5.74, 6) is -0.146. The van der Waals surface area contributed by atoms with E-state index < -0.39 is 0 Å². The van der Waals surface area contributed by atoms with Crippen LogP contribution in [0.3, 0.4) is 0 Å². The van der Waals surface area contributed by atoms with E-state index in [0.29, 0.717) is 0 Å². The molecule has 2 nitrogen and oxygen atoms in total. The second-order valence-corrected chi connectivity index (χ2v) is 4.17. The lowest BCUT2D eigenvalue weighted by Crippen LogP contribution is -2.05. The number of unbranched alkanes of at least 4 members (excludes halogenated alkanes) is 5. The highest BCUT2D eigenvalue weighted by Crippen LogP contribution is 2.13. The number of methoxy groups -OCH3 is 1. The predicted molar refractivity (Wildman–Crippen MR) is 68.4 cm³/mol. The van der Waals surface area contributed by atoms with E-state index >= 15 is 0 Å². The summed E-state index contributed by atoms with van der Waals surface area (Å²) in [6.07, 6.45) is 11.0. The Bertz CT molecular complexity index is 207. The van der Waals surface area contributed by atoms with E-state index in [2.05, 4.69) is 19.9 Å². The largest absolute Gasteiger partial charge is 0.466 e. The third-order valence-electron chi connectivity index (χ3n) is 2.70. The van der Waals surface area contributed by atoms with Gasteiger partial charge in [-0.1, -0.05) is 45.6 Å². The average molecular weight is 226 g/mol. The number of ether oxygens (including phenoxy) is 1. The van der Waals surface area contributed by atoms with Crippen molar-refractivity contribution in [2.24, 2.45) is 0 Å². The highest BCUT2D eigenvalue weighted by molar-refractivity contribution is 5.88. The summed E-state index contributed by atoms with van der Waals surface area (Å²) in [4.78, 5) is 11.5. The summed E-state index contributed by atoms with van der Waals surface area (Å²) in [6.45, 7) is 4.36. The second-order valence-electron chi connectivity index (χ2n) is 4.17. The van der Waals surface area contributed by atoms with Crippen molar-refractivity contribution < 1.29 is 9.53 Å². The van der Waals surface area contributed by atoms with Gasteiger partial charge in [0.1, 0.15) is 0 Å². The number of hydrogen-bond donors (Lipinski definition) is 0. The Balaban J connectivity index is 4.03. The summed E-state index contributed by atoms with van der Waals surface area (Å²) in [6, 6.07) is 0. The standard InChI is InChI=1S/C14H26O2/c1-4-6-8-10-12-13(14(15)16-3)11-9-7-5-2/h12H,4-11H2,1-3H3/b13-12-. The molecule has 0 amide bonds. The van der Waals surface area contributed by atoms with Gasteiger partial charge in [-0.3, -0.25) is 0 Å². The highest BCUT2D eigenvalue weighted by atomic mass is 16.5. The molecule has 0 bridgehead atoms. The van der Waals surface area contributed by atoms with Crippen LogP contribution in [0.25, 0.3) is 0 Å². The van der Waals surface area contributed by atoms with Crippen molar-refractivity contribution in [1.82, 2.24) is 0 Å². The van der Waals surface area contributed by atoms with Crippen molar-refractivity contribution in [1.29, 1.82) is 0 Å². The summed E-state index contributed by atoms with van der Waals surface area (Å²) in [5.41, 5.74) is 0.868. The van der Waals surface area contributed by atoms with Crippen LogP contribution in [-0.4, -0.2) is 13.1 Å². The molecule has 0 aromatic rings. The van der Waals surface area contributed by atoms with Crippen LogP contribution in [0, 0.1) is 0 Å². The molecule has 0 N–H and O–H groups in total. The Kier molecular flexibility index (Phi) is 10.2. The number of hydrogen-bond acceptors (Lipinski definition) is 2. The minimum atomic E-state index is -0.146. The van der Waals surface area contributed by atoms with Gasteiger partial charge in [-0.05, 0) is 25.7 Å². The third-order valence-corrected chi connectivity index (χ3v) is 2.70. The van der Waals surface area contributed by atoms with Gasteiger partial charge in [0, 0.05) is 5.57 Å². The van der Waals surface area contributed by atoms with Gasteiger partial charge in [-0.15, -0.1) is 0 Å². The van der Waals surface area contributed by atoms with Crippen LogP contribution < -0.4 is 0 Å². The minimum absolute atomic E-state index is 0.146. The third kappa shape index (κ3) is 7.49. The number of carbonyl (C=O) groups excluding carboxylic acids is 1. The van der Waals surface area contributed by atoms with Crippen LogP contribution in [0.5, 0.6) is 0 Å². The molecule has 0 aromatic carbocycles. The van der Waals surface area contributed by atoms with Gasteiger partial charge in [-0.2, -0.15) is 0 Å². The number of esters is 1. The zero-order valence-electron chi connectivity index (χ0n) is 11.1. The van der Waals surface area contributed by atoms with E-state index in [-0.39, 0.29) is 5.97 Å². The lowest BCUT2D eigenvalue weighted by molar-refractivity contribution is -0.136. The van der Waals surface area contributed by atoms with E-state index in [4.69, 9.17) is 4.74 Å². The van der Waals surface area contributed by atoms with Crippen LogP contribution in [0.1, 0.15) is 65.2 Å². The molecule has 0 atom stereocenters. The molecule has 0 fully saturated rings. The molecule has 0 unspecified atom stereocenters. The molecule has 0 rings (SSSR count). The molecule has 0 aliphatic rings. The van der Waals surface area contributed by atoms with Crippen molar-refractivity contribution in [3.05, 3.63) is 11.6 Å². The van der Waals surface area contributed by atoms with Gasteiger partial charge in [0.05, 0.1) is 7.11 Å².